The Morgan fingerprint density at radius 2 is 1.95 bits per heavy atom. The predicted molar refractivity (Wildman–Crippen MR) is 80.0 cm³/mol. The van der Waals surface area contributed by atoms with E-state index in [1.165, 1.54) is 18.2 Å². The molecule has 0 aliphatic rings. The van der Waals surface area contributed by atoms with Crippen molar-refractivity contribution in [3.05, 3.63) is 59.9 Å². The standard InChI is InChI=1S/C16H17FN2O2/c1-11(12-5-3-8-15(9-12)21-2)18-16(20)19-14-7-4-6-13(17)10-14/h3-11H,1-2H3,(H2,18,19,20)/t11-/m1/s1. The van der Waals surface area contributed by atoms with Crippen molar-refractivity contribution in [1.29, 1.82) is 0 Å². The van der Waals surface area contributed by atoms with E-state index in [-0.39, 0.29) is 6.04 Å². The van der Waals surface area contributed by atoms with E-state index in [0.717, 1.165) is 11.3 Å². The second kappa shape index (κ2) is 6.74. The van der Waals surface area contributed by atoms with E-state index >= 15 is 0 Å². The van der Waals surface area contributed by atoms with Crippen LogP contribution in [0.1, 0.15) is 18.5 Å². The fourth-order valence-electron chi connectivity index (χ4n) is 1.92. The van der Waals surface area contributed by atoms with Gasteiger partial charge in [0.05, 0.1) is 13.2 Å². The van der Waals surface area contributed by atoms with Crippen LogP contribution in [0.2, 0.25) is 0 Å². The minimum Gasteiger partial charge on any atom is -0.497 e. The molecular formula is C16H17FN2O2. The lowest BCUT2D eigenvalue weighted by Crippen LogP contribution is -2.31. The second-order valence-corrected chi connectivity index (χ2v) is 4.61. The lowest BCUT2D eigenvalue weighted by molar-refractivity contribution is 0.249. The topological polar surface area (TPSA) is 50.4 Å². The number of hydrogen-bond donors (Lipinski definition) is 2. The van der Waals surface area contributed by atoms with Gasteiger partial charge in [0.25, 0.3) is 0 Å². The molecule has 0 spiro atoms. The number of ether oxygens (including phenoxy) is 1. The van der Waals surface area contributed by atoms with Crippen LogP contribution in [0.25, 0.3) is 0 Å². The summed E-state index contributed by atoms with van der Waals surface area (Å²) in [4.78, 5) is 11.9. The Morgan fingerprint density at radius 1 is 1.19 bits per heavy atom. The second-order valence-electron chi connectivity index (χ2n) is 4.61. The van der Waals surface area contributed by atoms with E-state index in [1.807, 2.05) is 31.2 Å². The fraction of sp³-hybridized carbons (Fsp3) is 0.188. The number of carbonyl (C=O) groups excluding carboxylic acids is 1. The molecule has 110 valence electrons. The molecule has 21 heavy (non-hydrogen) atoms. The predicted octanol–water partition coefficient (Wildman–Crippen LogP) is 3.72. The molecule has 2 amide bonds. The Labute approximate surface area is 122 Å². The first-order valence-electron chi connectivity index (χ1n) is 6.55. The number of methoxy groups -OCH3 is 1. The molecule has 0 aromatic heterocycles. The van der Waals surface area contributed by atoms with Gasteiger partial charge in [-0.2, -0.15) is 0 Å². The molecule has 1 atom stereocenters. The summed E-state index contributed by atoms with van der Waals surface area (Å²) in [5.41, 5.74) is 1.33. The smallest absolute Gasteiger partial charge is 0.319 e. The summed E-state index contributed by atoms with van der Waals surface area (Å²) in [6, 6.07) is 12.6. The van der Waals surface area contributed by atoms with Crippen molar-refractivity contribution in [2.45, 2.75) is 13.0 Å². The molecule has 0 saturated carbocycles. The Kier molecular flexibility index (Phi) is 4.77. The van der Waals surface area contributed by atoms with Crippen LogP contribution < -0.4 is 15.4 Å². The summed E-state index contributed by atoms with van der Waals surface area (Å²) in [5.74, 6) is 0.334. The first kappa shape index (κ1) is 14.8. The highest BCUT2D eigenvalue weighted by molar-refractivity contribution is 5.89. The third-order valence-electron chi connectivity index (χ3n) is 3.02. The van der Waals surface area contributed by atoms with Gasteiger partial charge in [-0.3, -0.25) is 0 Å². The minimum atomic E-state index is -0.395. The summed E-state index contributed by atoms with van der Waals surface area (Å²) in [7, 11) is 1.59. The van der Waals surface area contributed by atoms with Crippen molar-refractivity contribution >= 4 is 11.7 Å². The molecule has 2 aromatic carbocycles. The van der Waals surface area contributed by atoms with Crippen LogP contribution in [0, 0.1) is 5.82 Å². The van der Waals surface area contributed by atoms with E-state index in [0.29, 0.717) is 5.69 Å². The maximum Gasteiger partial charge on any atom is 0.319 e. The van der Waals surface area contributed by atoms with Gasteiger partial charge in [0, 0.05) is 5.69 Å². The van der Waals surface area contributed by atoms with Crippen LogP contribution in [-0.4, -0.2) is 13.1 Å². The molecule has 4 nitrogen and oxygen atoms in total. The molecule has 0 fully saturated rings. The lowest BCUT2D eigenvalue weighted by Gasteiger charge is -2.15. The van der Waals surface area contributed by atoms with Gasteiger partial charge in [-0.25, -0.2) is 9.18 Å². The van der Waals surface area contributed by atoms with Crippen molar-refractivity contribution in [2.24, 2.45) is 0 Å². The van der Waals surface area contributed by atoms with Crippen molar-refractivity contribution in [2.75, 3.05) is 12.4 Å². The van der Waals surface area contributed by atoms with Crippen LogP contribution in [0.4, 0.5) is 14.9 Å². The number of urea groups is 1. The van der Waals surface area contributed by atoms with Crippen molar-refractivity contribution in [1.82, 2.24) is 5.32 Å². The molecule has 0 bridgehead atoms. The SMILES string of the molecule is COc1cccc([C@@H](C)NC(=O)Nc2cccc(F)c2)c1. The number of halogens is 1. The molecule has 0 saturated heterocycles. The van der Waals surface area contributed by atoms with E-state index in [4.69, 9.17) is 4.74 Å². The summed E-state index contributed by atoms with van der Waals surface area (Å²) in [5, 5.41) is 5.38. The molecule has 0 aliphatic carbocycles. The van der Waals surface area contributed by atoms with Gasteiger partial charge in [0.2, 0.25) is 0 Å². The average Bonchev–Trinajstić information content (AvgIpc) is 2.47. The molecule has 0 unspecified atom stereocenters. The molecule has 2 N–H and O–H groups in total. The number of carbonyl (C=O) groups is 1. The Bertz CT molecular complexity index is 631. The number of nitrogens with one attached hydrogen (secondary N) is 2. The largest absolute Gasteiger partial charge is 0.497 e. The fourth-order valence-corrected chi connectivity index (χ4v) is 1.92. The quantitative estimate of drug-likeness (QED) is 0.901. The van der Waals surface area contributed by atoms with Crippen molar-refractivity contribution < 1.29 is 13.9 Å². The van der Waals surface area contributed by atoms with Crippen LogP contribution in [-0.2, 0) is 0 Å². The zero-order chi connectivity index (χ0) is 15.2. The molecule has 2 rings (SSSR count). The number of hydrogen-bond acceptors (Lipinski definition) is 2. The van der Waals surface area contributed by atoms with Crippen LogP contribution in [0.15, 0.2) is 48.5 Å². The highest BCUT2D eigenvalue weighted by Gasteiger charge is 2.10. The lowest BCUT2D eigenvalue weighted by atomic mass is 10.1. The van der Waals surface area contributed by atoms with Crippen molar-refractivity contribution in [3.63, 3.8) is 0 Å². The number of benzene rings is 2. The van der Waals surface area contributed by atoms with Crippen LogP contribution >= 0.6 is 0 Å². The number of rotatable bonds is 4. The van der Waals surface area contributed by atoms with Crippen LogP contribution in [0.3, 0.4) is 0 Å². The maximum absolute atomic E-state index is 13.0. The van der Waals surface area contributed by atoms with Gasteiger partial charge in [-0.15, -0.1) is 0 Å². The molecule has 2 aromatic rings. The van der Waals surface area contributed by atoms with E-state index < -0.39 is 11.8 Å². The highest BCUT2D eigenvalue weighted by atomic mass is 19.1. The van der Waals surface area contributed by atoms with Gasteiger partial charge in [-0.05, 0) is 42.8 Å². The number of amides is 2. The Hall–Kier alpha value is -2.56. The van der Waals surface area contributed by atoms with E-state index in [1.54, 1.807) is 13.2 Å². The summed E-state index contributed by atoms with van der Waals surface area (Å²) >= 11 is 0. The third kappa shape index (κ3) is 4.21. The zero-order valence-corrected chi connectivity index (χ0v) is 11.9. The van der Waals surface area contributed by atoms with E-state index in [2.05, 4.69) is 10.6 Å². The third-order valence-corrected chi connectivity index (χ3v) is 3.02. The average molecular weight is 288 g/mol. The first-order chi connectivity index (χ1) is 10.1. The summed E-state index contributed by atoms with van der Waals surface area (Å²) in [6.07, 6.45) is 0. The Morgan fingerprint density at radius 3 is 2.67 bits per heavy atom. The van der Waals surface area contributed by atoms with Gasteiger partial charge >= 0.3 is 6.03 Å². The molecule has 0 heterocycles. The monoisotopic (exact) mass is 288 g/mol. The minimum absolute atomic E-state index is 0.200. The molecule has 0 radical (unpaired) electrons. The Balaban J connectivity index is 1.98. The zero-order valence-electron chi connectivity index (χ0n) is 11.9. The first-order valence-corrected chi connectivity index (χ1v) is 6.55. The number of anilines is 1. The molecule has 5 heteroatoms. The maximum atomic E-state index is 13.0. The van der Waals surface area contributed by atoms with Gasteiger partial charge in [-0.1, -0.05) is 18.2 Å². The normalized spacial score (nSPS) is 11.6. The van der Waals surface area contributed by atoms with Gasteiger partial charge < -0.3 is 15.4 Å². The van der Waals surface area contributed by atoms with Crippen LogP contribution in [0.5, 0.6) is 5.75 Å². The van der Waals surface area contributed by atoms with Gasteiger partial charge in [0.15, 0.2) is 0 Å². The molecular weight excluding hydrogens is 271 g/mol. The summed E-state index contributed by atoms with van der Waals surface area (Å²) < 4.78 is 18.2. The van der Waals surface area contributed by atoms with Crippen molar-refractivity contribution in [3.8, 4) is 5.75 Å². The molecule has 0 aliphatic heterocycles. The summed E-state index contributed by atoms with van der Waals surface area (Å²) in [6.45, 7) is 1.86. The van der Waals surface area contributed by atoms with Gasteiger partial charge in [0.1, 0.15) is 11.6 Å². The highest BCUT2D eigenvalue weighted by Crippen LogP contribution is 2.19. The van der Waals surface area contributed by atoms with E-state index in [9.17, 15) is 9.18 Å².